The van der Waals surface area contributed by atoms with Gasteiger partial charge in [0.15, 0.2) is 6.61 Å². The molecule has 342 valence electrons. The number of fused-ring (bicyclic) bond motifs is 16. The maximum Gasteiger partial charge on any atom is 0.325 e. The molecule has 2 aliphatic rings. The molecule has 0 unspecified atom stereocenters. The van der Waals surface area contributed by atoms with Crippen molar-refractivity contribution in [2.45, 2.75) is 69.2 Å². The van der Waals surface area contributed by atoms with Crippen LogP contribution in [0.4, 0.5) is 0 Å². The molecule has 5 amide bonds. The normalized spacial score (nSPS) is 18.6. The number of carboxylic acids is 1. The second-order valence-electron chi connectivity index (χ2n) is 16.6. The van der Waals surface area contributed by atoms with Crippen LogP contribution < -0.4 is 31.3 Å². The molecular formula is C54H53N5O8. The highest BCUT2D eigenvalue weighted by Gasteiger charge is 2.33. The summed E-state index contributed by atoms with van der Waals surface area (Å²) in [7, 11) is 0. The number of amides is 5. The first-order valence-electron chi connectivity index (χ1n) is 22.3. The topological polar surface area (TPSA) is 192 Å². The zero-order valence-corrected chi connectivity index (χ0v) is 37.0. The van der Waals surface area contributed by atoms with Crippen LogP contribution in [0.1, 0.15) is 35.6 Å². The van der Waals surface area contributed by atoms with E-state index in [0.29, 0.717) is 23.3 Å². The van der Waals surface area contributed by atoms with Crippen molar-refractivity contribution in [2.75, 3.05) is 6.61 Å². The molecule has 0 aliphatic carbocycles. The summed E-state index contributed by atoms with van der Waals surface area (Å²) >= 11 is 0. The Morgan fingerprint density at radius 1 is 0.567 bits per heavy atom. The third kappa shape index (κ3) is 13.5. The number of rotatable bonds is 12. The average Bonchev–Trinajstić information content (AvgIpc) is 3.35. The molecule has 0 saturated carbocycles. The Kier molecular flexibility index (Phi) is 15.9. The van der Waals surface area contributed by atoms with Crippen molar-refractivity contribution in [1.82, 2.24) is 26.6 Å². The van der Waals surface area contributed by atoms with Gasteiger partial charge in [0, 0.05) is 19.3 Å². The molecule has 0 radical (unpaired) electrons. The van der Waals surface area contributed by atoms with E-state index in [1.54, 1.807) is 24.3 Å². The van der Waals surface area contributed by atoms with E-state index in [-0.39, 0.29) is 25.7 Å². The van der Waals surface area contributed by atoms with Gasteiger partial charge in [0.1, 0.15) is 36.0 Å². The summed E-state index contributed by atoms with van der Waals surface area (Å²) in [4.78, 5) is 82.7. The van der Waals surface area contributed by atoms with Gasteiger partial charge in [-0.25, -0.2) is 0 Å². The van der Waals surface area contributed by atoms with E-state index in [9.17, 15) is 33.9 Å². The zero-order valence-electron chi connectivity index (χ0n) is 37.0. The number of benzene rings is 6. The molecule has 0 saturated heterocycles. The van der Waals surface area contributed by atoms with Crippen molar-refractivity contribution in [3.8, 4) is 28.0 Å². The molecule has 0 spiro atoms. The Morgan fingerprint density at radius 3 is 1.55 bits per heavy atom. The van der Waals surface area contributed by atoms with Gasteiger partial charge in [0.25, 0.3) is 5.91 Å². The zero-order chi connectivity index (χ0) is 47.1. The van der Waals surface area contributed by atoms with Crippen LogP contribution in [0.25, 0.3) is 22.3 Å². The summed E-state index contributed by atoms with van der Waals surface area (Å²) in [6.45, 7) is 0.873. The fourth-order valence-corrected chi connectivity index (χ4v) is 7.79. The van der Waals surface area contributed by atoms with Crippen LogP contribution in [-0.4, -0.2) is 77.4 Å². The van der Waals surface area contributed by atoms with Crippen molar-refractivity contribution < 1.29 is 38.6 Å². The van der Waals surface area contributed by atoms with Crippen LogP contribution in [0.15, 0.2) is 164 Å². The fraction of sp³-hybridized carbons (Fsp3) is 0.222. The molecule has 2 aliphatic heterocycles. The molecule has 0 aromatic heterocycles. The van der Waals surface area contributed by atoms with Gasteiger partial charge >= 0.3 is 5.97 Å². The molecule has 6 N–H and O–H groups in total. The van der Waals surface area contributed by atoms with E-state index in [1.165, 1.54) is 6.92 Å². The van der Waals surface area contributed by atoms with Gasteiger partial charge in [-0.3, -0.25) is 28.8 Å². The first-order chi connectivity index (χ1) is 32.5. The molecule has 8 rings (SSSR count). The smallest absolute Gasteiger partial charge is 0.325 e. The van der Waals surface area contributed by atoms with Gasteiger partial charge in [-0.2, -0.15) is 0 Å². The highest BCUT2D eigenvalue weighted by molar-refractivity contribution is 5.96. The monoisotopic (exact) mass is 899 g/mol. The first-order valence-corrected chi connectivity index (χ1v) is 22.3. The summed E-state index contributed by atoms with van der Waals surface area (Å²) in [5.74, 6) is -4.27. The molecule has 67 heavy (non-hydrogen) atoms. The van der Waals surface area contributed by atoms with Crippen LogP contribution in [0.5, 0.6) is 5.75 Å². The second-order valence-corrected chi connectivity index (χ2v) is 16.6. The summed E-state index contributed by atoms with van der Waals surface area (Å²) in [5.41, 5.74) is 6.89. The Balaban J connectivity index is 1.23. The van der Waals surface area contributed by atoms with Gasteiger partial charge < -0.3 is 36.4 Å². The number of carbonyl (C=O) groups excluding carboxylic acids is 5. The molecule has 0 fully saturated rings. The number of hydrogen-bond acceptors (Lipinski definition) is 7. The number of carboxylic acid groups (broad SMARTS) is 1. The van der Waals surface area contributed by atoms with Crippen molar-refractivity contribution >= 4 is 35.5 Å². The third-order valence-corrected chi connectivity index (χ3v) is 11.6. The maximum absolute atomic E-state index is 14.7. The highest BCUT2D eigenvalue weighted by Crippen LogP contribution is 2.22. The van der Waals surface area contributed by atoms with Crippen LogP contribution >= 0.6 is 0 Å². The van der Waals surface area contributed by atoms with Gasteiger partial charge in [-0.1, -0.05) is 152 Å². The molecule has 5 atom stereocenters. The molecule has 2 bridgehead atoms. The predicted molar refractivity (Wildman–Crippen MR) is 255 cm³/mol. The maximum atomic E-state index is 14.7. The van der Waals surface area contributed by atoms with E-state index in [2.05, 4.69) is 26.6 Å². The summed E-state index contributed by atoms with van der Waals surface area (Å²) in [5, 5.41) is 23.4. The number of hydrogen-bond donors (Lipinski definition) is 6. The van der Waals surface area contributed by atoms with E-state index in [0.717, 1.165) is 33.4 Å². The Labute approximate surface area is 389 Å². The largest absolute Gasteiger partial charge is 0.484 e. The lowest BCUT2D eigenvalue weighted by atomic mass is 9.98. The van der Waals surface area contributed by atoms with Gasteiger partial charge in [-0.05, 0) is 76.4 Å². The van der Waals surface area contributed by atoms with E-state index >= 15 is 0 Å². The molecular weight excluding hydrogens is 847 g/mol. The van der Waals surface area contributed by atoms with Crippen LogP contribution in [0.3, 0.4) is 0 Å². The van der Waals surface area contributed by atoms with E-state index < -0.39 is 72.3 Å². The number of aryl methyl sites for hydroxylation is 1. The lowest BCUT2D eigenvalue weighted by molar-refractivity contribution is -0.141. The van der Waals surface area contributed by atoms with Crippen LogP contribution in [0, 0.1) is 0 Å². The summed E-state index contributed by atoms with van der Waals surface area (Å²) in [6, 6.07) is 44.7. The number of carbonyl (C=O) groups is 6. The molecule has 6 aromatic rings. The lowest BCUT2D eigenvalue weighted by Gasteiger charge is -2.27. The van der Waals surface area contributed by atoms with Gasteiger partial charge in [0.05, 0.1) is 0 Å². The van der Waals surface area contributed by atoms with Crippen LogP contribution in [0.2, 0.25) is 0 Å². The quantitative estimate of drug-likeness (QED) is 0.0856. The van der Waals surface area contributed by atoms with Crippen molar-refractivity contribution in [3.05, 3.63) is 186 Å². The minimum atomic E-state index is -1.26. The molecule has 13 heteroatoms. The lowest BCUT2D eigenvalue weighted by Crippen LogP contribution is -2.59. The SMILES string of the molecule is C[C@@H](NC(=O)[C@@H]1Cc2ccc(cc2)OCC(=O)N[C@@H](Cc2ccc(-c3ccccc3)cc2)C(=O)N[C@H](Cc2ccc(-c3ccccc3)cc2)C(=O)N[C@@H](CCc2ccccc2)C(=O)N1)C(=O)O. The minimum absolute atomic E-state index is 0.0152. The predicted octanol–water partition coefficient (Wildman–Crippen LogP) is 5.60. The van der Waals surface area contributed by atoms with Crippen LogP contribution in [-0.2, 0) is 54.5 Å². The molecule has 13 nitrogen and oxygen atoms in total. The average molecular weight is 900 g/mol. The summed E-state index contributed by atoms with van der Waals surface area (Å²) in [6.07, 6.45) is 0.519. The summed E-state index contributed by atoms with van der Waals surface area (Å²) < 4.78 is 5.82. The van der Waals surface area contributed by atoms with Crippen molar-refractivity contribution in [3.63, 3.8) is 0 Å². The Morgan fingerprint density at radius 2 is 1.03 bits per heavy atom. The number of aliphatic carboxylic acids is 1. The second kappa shape index (κ2) is 22.7. The number of nitrogens with one attached hydrogen (secondary N) is 5. The van der Waals surface area contributed by atoms with Gasteiger partial charge in [0.2, 0.25) is 23.6 Å². The minimum Gasteiger partial charge on any atom is -0.484 e. The highest BCUT2D eigenvalue weighted by atomic mass is 16.5. The molecule has 6 aromatic carbocycles. The van der Waals surface area contributed by atoms with E-state index in [4.69, 9.17) is 4.74 Å². The molecule has 2 heterocycles. The van der Waals surface area contributed by atoms with Gasteiger partial charge in [-0.15, -0.1) is 0 Å². The fourth-order valence-electron chi connectivity index (χ4n) is 7.79. The van der Waals surface area contributed by atoms with Crippen molar-refractivity contribution in [2.24, 2.45) is 0 Å². The first kappa shape index (κ1) is 46.9. The Hall–Kier alpha value is -8.06. The van der Waals surface area contributed by atoms with Crippen molar-refractivity contribution in [1.29, 1.82) is 0 Å². The standard InChI is InChI=1S/C54H53N5O8/c1-35(54(65)66)55-51(62)47-33-39-21-28-44(29-22-39)67-34-49(60)56-46(31-37-17-24-42(25-18-37)40-13-7-3-8-14-40)52(63)59-48(32-38-19-26-43(27-20-38)41-15-9-4-10-16-41)53(64)57-45(50(61)58-47)30-23-36-11-5-2-6-12-36/h2-22,24-29,35,45-48H,23,30-34H2,1H3,(H,55,62)(H,56,60)(H,57,64)(H,58,61)(H,59,63)(H,65,66)/t35-,45+,46+,47+,48-/m1/s1. The third-order valence-electron chi connectivity index (χ3n) is 11.6. The number of ether oxygens (including phenoxy) is 1. The van der Waals surface area contributed by atoms with E-state index in [1.807, 2.05) is 140 Å². The Bertz CT molecular complexity index is 2630.